The highest BCUT2D eigenvalue weighted by Gasteiger charge is 2.28. The molecule has 0 fully saturated rings. The Morgan fingerprint density at radius 1 is 0.957 bits per heavy atom. The van der Waals surface area contributed by atoms with Gasteiger partial charge in [0.05, 0.1) is 0 Å². The van der Waals surface area contributed by atoms with Gasteiger partial charge < -0.3 is 5.11 Å². The molecule has 0 saturated carbocycles. The summed E-state index contributed by atoms with van der Waals surface area (Å²) < 4.78 is 0. The molecule has 1 unspecified atom stereocenters. The minimum absolute atomic E-state index is 0.254. The first kappa shape index (κ1) is 14.3. The van der Waals surface area contributed by atoms with Gasteiger partial charge in [-0.05, 0) is 65.0 Å². The SMILES string of the molecule is O=C(O)CC1CCC2=C(C1)c1ccccc1Cc1ccccc12. The van der Waals surface area contributed by atoms with Crippen LogP contribution in [0.25, 0.3) is 11.1 Å². The molecule has 1 atom stereocenters. The van der Waals surface area contributed by atoms with Crippen molar-refractivity contribution in [3.8, 4) is 0 Å². The van der Waals surface area contributed by atoms with Gasteiger partial charge in [0, 0.05) is 6.42 Å². The third-order valence-electron chi connectivity index (χ3n) is 5.19. The topological polar surface area (TPSA) is 37.3 Å². The third kappa shape index (κ3) is 2.59. The van der Waals surface area contributed by atoms with E-state index in [2.05, 4.69) is 48.5 Å². The monoisotopic (exact) mass is 304 g/mol. The average molecular weight is 304 g/mol. The van der Waals surface area contributed by atoms with Crippen LogP contribution in [-0.2, 0) is 11.2 Å². The second-order valence-corrected chi connectivity index (χ2v) is 6.65. The lowest BCUT2D eigenvalue weighted by Gasteiger charge is -2.27. The Kier molecular flexibility index (Phi) is 3.53. The Morgan fingerprint density at radius 3 is 2.22 bits per heavy atom. The van der Waals surface area contributed by atoms with Crippen molar-refractivity contribution in [2.45, 2.75) is 32.1 Å². The van der Waals surface area contributed by atoms with E-state index in [-0.39, 0.29) is 12.3 Å². The predicted molar refractivity (Wildman–Crippen MR) is 92.1 cm³/mol. The highest BCUT2D eigenvalue weighted by Crippen LogP contribution is 2.45. The van der Waals surface area contributed by atoms with Crippen molar-refractivity contribution in [2.75, 3.05) is 0 Å². The molecule has 0 aliphatic heterocycles. The molecule has 0 amide bonds. The van der Waals surface area contributed by atoms with Crippen LogP contribution in [-0.4, -0.2) is 11.1 Å². The molecule has 0 bridgehead atoms. The molecule has 23 heavy (non-hydrogen) atoms. The van der Waals surface area contributed by atoms with Crippen molar-refractivity contribution in [3.05, 3.63) is 70.8 Å². The first-order valence-electron chi connectivity index (χ1n) is 8.32. The molecule has 2 nitrogen and oxygen atoms in total. The molecule has 2 heteroatoms. The number of carbonyl (C=O) groups is 1. The smallest absolute Gasteiger partial charge is 0.303 e. The van der Waals surface area contributed by atoms with E-state index in [0.29, 0.717) is 0 Å². The number of fused-ring (bicyclic) bond motifs is 4. The zero-order chi connectivity index (χ0) is 15.8. The fourth-order valence-corrected chi connectivity index (χ4v) is 4.15. The van der Waals surface area contributed by atoms with E-state index >= 15 is 0 Å². The summed E-state index contributed by atoms with van der Waals surface area (Å²) >= 11 is 0. The largest absolute Gasteiger partial charge is 0.481 e. The highest BCUT2D eigenvalue weighted by atomic mass is 16.4. The molecule has 2 aliphatic carbocycles. The van der Waals surface area contributed by atoms with Crippen LogP contribution in [0.2, 0.25) is 0 Å². The van der Waals surface area contributed by atoms with Crippen molar-refractivity contribution in [1.29, 1.82) is 0 Å². The van der Waals surface area contributed by atoms with Gasteiger partial charge in [-0.25, -0.2) is 0 Å². The minimum Gasteiger partial charge on any atom is -0.481 e. The summed E-state index contributed by atoms with van der Waals surface area (Å²) in [7, 11) is 0. The lowest BCUT2D eigenvalue weighted by atomic mass is 9.77. The molecule has 2 aromatic rings. The van der Waals surface area contributed by atoms with E-state index in [1.54, 1.807) is 0 Å². The quantitative estimate of drug-likeness (QED) is 0.867. The number of hydrogen-bond donors (Lipinski definition) is 1. The molecule has 2 aromatic carbocycles. The summed E-state index contributed by atoms with van der Waals surface area (Å²) in [6.07, 6.45) is 4.08. The highest BCUT2D eigenvalue weighted by molar-refractivity contribution is 5.95. The standard InChI is InChI=1S/C21H20O2/c22-21(23)12-14-9-10-19-17-7-3-1-5-15(17)13-16-6-2-4-8-18(16)20(19)11-14/h1-8,14H,9-13H2,(H,22,23). The van der Waals surface area contributed by atoms with Gasteiger partial charge in [-0.1, -0.05) is 48.5 Å². The van der Waals surface area contributed by atoms with Crippen LogP contribution < -0.4 is 0 Å². The Morgan fingerprint density at radius 2 is 1.57 bits per heavy atom. The van der Waals surface area contributed by atoms with E-state index < -0.39 is 5.97 Å². The van der Waals surface area contributed by atoms with E-state index in [1.165, 1.54) is 33.4 Å². The molecule has 0 saturated heterocycles. The van der Waals surface area contributed by atoms with Crippen LogP contribution in [0.5, 0.6) is 0 Å². The van der Waals surface area contributed by atoms with Gasteiger partial charge >= 0.3 is 5.97 Å². The molecule has 0 spiro atoms. The van der Waals surface area contributed by atoms with E-state index in [9.17, 15) is 4.79 Å². The number of hydrogen-bond acceptors (Lipinski definition) is 1. The van der Waals surface area contributed by atoms with Crippen LogP contribution in [0, 0.1) is 5.92 Å². The summed E-state index contributed by atoms with van der Waals surface area (Å²) in [4.78, 5) is 11.1. The second kappa shape index (κ2) is 5.69. The summed E-state index contributed by atoms with van der Waals surface area (Å²) in [6, 6.07) is 17.3. The molecule has 116 valence electrons. The Hall–Kier alpha value is -2.35. The zero-order valence-corrected chi connectivity index (χ0v) is 13.1. The Balaban J connectivity index is 1.86. The van der Waals surface area contributed by atoms with E-state index in [0.717, 1.165) is 25.7 Å². The van der Waals surface area contributed by atoms with Gasteiger partial charge in [0.2, 0.25) is 0 Å². The van der Waals surface area contributed by atoms with Crippen molar-refractivity contribution in [2.24, 2.45) is 5.92 Å². The van der Waals surface area contributed by atoms with Crippen molar-refractivity contribution >= 4 is 17.1 Å². The Labute approximate surface area is 136 Å². The maximum absolute atomic E-state index is 11.1. The number of aliphatic carboxylic acids is 1. The van der Waals surface area contributed by atoms with E-state index in [1.807, 2.05) is 0 Å². The van der Waals surface area contributed by atoms with Crippen LogP contribution in [0.15, 0.2) is 48.5 Å². The maximum Gasteiger partial charge on any atom is 0.303 e. The van der Waals surface area contributed by atoms with E-state index in [4.69, 9.17) is 5.11 Å². The fourth-order valence-electron chi connectivity index (χ4n) is 4.15. The number of allylic oxidation sites excluding steroid dienone is 2. The van der Waals surface area contributed by atoms with Gasteiger partial charge in [0.1, 0.15) is 0 Å². The molecule has 0 heterocycles. The molecule has 2 aliphatic rings. The van der Waals surface area contributed by atoms with Gasteiger partial charge in [-0.2, -0.15) is 0 Å². The van der Waals surface area contributed by atoms with Gasteiger partial charge in [0.25, 0.3) is 0 Å². The predicted octanol–water partition coefficient (Wildman–Crippen LogP) is 4.78. The summed E-state index contributed by atoms with van der Waals surface area (Å²) in [5, 5.41) is 9.15. The number of carboxylic acids is 1. The molecular formula is C21H20O2. The molecule has 0 aromatic heterocycles. The fraction of sp³-hybridized carbons (Fsp3) is 0.286. The zero-order valence-electron chi connectivity index (χ0n) is 13.1. The molecule has 0 radical (unpaired) electrons. The maximum atomic E-state index is 11.1. The third-order valence-corrected chi connectivity index (χ3v) is 5.19. The molecule has 1 N–H and O–H groups in total. The van der Waals surface area contributed by atoms with Crippen LogP contribution in [0.1, 0.15) is 47.9 Å². The molecular weight excluding hydrogens is 284 g/mol. The summed E-state index contributed by atoms with van der Waals surface area (Å²) in [5.74, 6) is -0.425. The normalized spacial score (nSPS) is 19.4. The van der Waals surface area contributed by atoms with Gasteiger partial charge in [0.15, 0.2) is 0 Å². The lowest BCUT2D eigenvalue weighted by molar-refractivity contribution is -0.138. The average Bonchev–Trinajstić information content (AvgIpc) is 2.69. The van der Waals surface area contributed by atoms with Crippen molar-refractivity contribution in [1.82, 2.24) is 0 Å². The van der Waals surface area contributed by atoms with Crippen LogP contribution in [0.4, 0.5) is 0 Å². The second-order valence-electron chi connectivity index (χ2n) is 6.65. The van der Waals surface area contributed by atoms with Gasteiger partial charge in [-0.3, -0.25) is 4.79 Å². The van der Waals surface area contributed by atoms with Crippen molar-refractivity contribution < 1.29 is 9.90 Å². The van der Waals surface area contributed by atoms with Crippen LogP contribution in [0.3, 0.4) is 0 Å². The number of carboxylic acid groups (broad SMARTS) is 1. The van der Waals surface area contributed by atoms with Crippen molar-refractivity contribution in [3.63, 3.8) is 0 Å². The first-order chi connectivity index (χ1) is 11.2. The lowest BCUT2D eigenvalue weighted by Crippen LogP contribution is -2.14. The number of rotatable bonds is 2. The number of benzene rings is 2. The summed E-state index contributed by atoms with van der Waals surface area (Å²) in [6.45, 7) is 0. The van der Waals surface area contributed by atoms with Crippen LogP contribution >= 0.6 is 0 Å². The Bertz CT molecular complexity index is 801. The first-order valence-corrected chi connectivity index (χ1v) is 8.32. The molecule has 4 rings (SSSR count). The van der Waals surface area contributed by atoms with Gasteiger partial charge in [-0.15, -0.1) is 0 Å². The summed E-state index contributed by atoms with van der Waals surface area (Å²) in [5.41, 5.74) is 8.26. The minimum atomic E-state index is -0.679.